The maximum absolute atomic E-state index is 12.9. The first-order chi connectivity index (χ1) is 12.8. The van der Waals surface area contributed by atoms with E-state index in [1.165, 1.54) is 37.7 Å². The SMILES string of the molecule is C#CCN1CCC(C(=O)NC(CC2CCCCC2)c2ccccc2)CC1. The Morgan fingerprint density at radius 1 is 1.12 bits per heavy atom. The first kappa shape index (κ1) is 19.0. The van der Waals surface area contributed by atoms with E-state index in [1.807, 2.05) is 6.07 Å². The van der Waals surface area contributed by atoms with Gasteiger partial charge in [0.25, 0.3) is 0 Å². The molecule has 1 saturated heterocycles. The molecule has 0 aromatic heterocycles. The van der Waals surface area contributed by atoms with Gasteiger partial charge in [-0.05, 0) is 43.8 Å². The molecule has 1 unspecified atom stereocenters. The molecule has 1 aliphatic carbocycles. The lowest BCUT2D eigenvalue weighted by Crippen LogP contribution is -2.42. The Morgan fingerprint density at radius 3 is 2.46 bits per heavy atom. The molecule has 0 radical (unpaired) electrons. The van der Waals surface area contributed by atoms with E-state index in [9.17, 15) is 4.79 Å². The van der Waals surface area contributed by atoms with Crippen LogP contribution in [0.25, 0.3) is 0 Å². The summed E-state index contributed by atoms with van der Waals surface area (Å²) >= 11 is 0. The van der Waals surface area contributed by atoms with Gasteiger partial charge in [0.15, 0.2) is 0 Å². The number of likely N-dealkylation sites (tertiary alicyclic amines) is 1. The van der Waals surface area contributed by atoms with Crippen LogP contribution in [0.5, 0.6) is 0 Å². The van der Waals surface area contributed by atoms with Crippen molar-refractivity contribution in [2.75, 3.05) is 19.6 Å². The molecule has 1 amide bonds. The van der Waals surface area contributed by atoms with Crippen LogP contribution in [0.3, 0.4) is 0 Å². The number of hydrogen-bond acceptors (Lipinski definition) is 2. The Kier molecular flexibility index (Phi) is 7.14. The van der Waals surface area contributed by atoms with E-state index in [4.69, 9.17) is 6.42 Å². The predicted molar refractivity (Wildman–Crippen MR) is 107 cm³/mol. The van der Waals surface area contributed by atoms with Gasteiger partial charge in [-0.1, -0.05) is 68.4 Å². The fourth-order valence-electron chi connectivity index (χ4n) is 4.49. The standard InChI is InChI=1S/C23H32N2O/c1-2-15-25-16-13-21(14-17-25)23(26)24-22(20-11-7-4-8-12-20)18-19-9-5-3-6-10-19/h1,4,7-8,11-12,19,21-22H,3,5-6,9-10,13-18H2,(H,24,26). The topological polar surface area (TPSA) is 32.3 Å². The van der Waals surface area contributed by atoms with Gasteiger partial charge in [-0.15, -0.1) is 6.42 Å². The molecule has 2 aliphatic rings. The zero-order valence-corrected chi connectivity index (χ0v) is 15.8. The second kappa shape index (κ2) is 9.78. The van der Waals surface area contributed by atoms with Crippen LogP contribution in [0, 0.1) is 24.2 Å². The van der Waals surface area contributed by atoms with Crippen molar-refractivity contribution in [3.63, 3.8) is 0 Å². The van der Waals surface area contributed by atoms with Gasteiger partial charge in [-0.3, -0.25) is 9.69 Å². The van der Waals surface area contributed by atoms with Crippen LogP contribution >= 0.6 is 0 Å². The summed E-state index contributed by atoms with van der Waals surface area (Å²) in [4.78, 5) is 15.2. The van der Waals surface area contributed by atoms with E-state index < -0.39 is 0 Å². The quantitative estimate of drug-likeness (QED) is 0.780. The minimum atomic E-state index is 0.126. The Balaban J connectivity index is 1.60. The number of terminal acetylenes is 1. The van der Waals surface area contributed by atoms with E-state index in [1.54, 1.807) is 0 Å². The lowest BCUT2D eigenvalue weighted by atomic mass is 9.83. The van der Waals surface area contributed by atoms with Crippen LogP contribution in [0.4, 0.5) is 0 Å². The zero-order valence-electron chi connectivity index (χ0n) is 15.8. The normalized spacial score (nSPS) is 21.0. The van der Waals surface area contributed by atoms with Crippen molar-refractivity contribution in [3.05, 3.63) is 35.9 Å². The van der Waals surface area contributed by atoms with Gasteiger partial charge < -0.3 is 5.32 Å². The van der Waals surface area contributed by atoms with E-state index in [0.29, 0.717) is 6.54 Å². The highest BCUT2D eigenvalue weighted by atomic mass is 16.1. The largest absolute Gasteiger partial charge is 0.349 e. The molecule has 3 heteroatoms. The van der Waals surface area contributed by atoms with Crippen LogP contribution < -0.4 is 5.32 Å². The number of carbonyl (C=O) groups excluding carboxylic acids is 1. The average Bonchev–Trinajstić information content (AvgIpc) is 2.70. The Hall–Kier alpha value is -1.79. The van der Waals surface area contributed by atoms with Gasteiger partial charge >= 0.3 is 0 Å². The smallest absolute Gasteiger partial charge is 0.223 e. The van der Waals surface area contributed by atoms with Crippen LogP contribution in [-0.4, -0.2) is 30.4 Å². The molecule has 2 fully saturated rings. The fraction of sp³-hybridized carbons (Fsp3) is 0.609. The molecule has 0 spiro atoms. The fourth-order valence-corrected chi connectivity index (χ4v) is 4.49. The third-order valence-electron chi connectivity index (χ3n) is 6.09. The van der Waals surface area contributed by atoms with Crippen molar-refractivity contribution < 1.29 is 4.79 Å². The molecule has 1 heterocycles. The van der Waals surface area contributed by atoms with Gasteiger partial charge in [-0.2, -0.15) is 0 Å². The summed E-state index contributed by atoms with van der Waals surface area (Å²) in [5, 5.41) is 3.40. The van der Waals surface area contributed by atoms with Crippen molar-refractivity contribution in [1.29, 1.82) is 0 Å². The average molecular weight is 353 g/mol. The second-order valence-corrected chi connectivity index (χ2v) is 7.97. The van der Waals surface area contributed by atoms with E-state index >= 15 is 0 Å². The number of piperidine rings is 1. The lowest BCUT2D eigenvalue weighted by Gasteiger charge is -2.32. The molecule has 1 aliphatic heterocycles. The van der Waals surface area contributed by atoms with Gasteiger partial charge in [0.1, 0.15) is 0 Å². The Bertz CT molecular complexity index is 592. The number of nitrogens with one attached hydrogen (secondary N) is 1. The highest BCUT2D eigenvalue weighted by Crippen LogP contribution is 2.32. The number of amides is 1. The molecule has 3 nitrogen and oxygen atoms in total. The molecular weight excluding hydrogens is 320 g/mol. The van der Waals surface area contributed by atoms with Crippen molar-refractivity contribution in [3.8, 4) is 12.3 Å². The Morgan fingerprint density at radius 2 is 1.81 bits per heavy atom. The number of carbonyl (C=O) groups is 1. The number of rotatable bonds is 6. The van der Waals surface area contributed by atoms with Crippen LogP contribution in [0.15, 0.2) is 30.3 Å². The summed E-state index contributed by atoms with van der Waals surface area (Å²) < 4.78 is 0. The lowest BCUT2D eigenvalue weighted by molar-refractivity contribution is -0.127. The summed E-state index contributed by atoms with van der Waals surface area (Å²) in [6.07, 6.45) is 15.0. The summed E-state index contributed by atoms with van der Waals surface area (Å²) in [5.74, 6) is 3.81. The summed E-state index contributed by atoms with van der Waals surface area (Å²) in [5.41, 5.74) is 1.25. The number of benzene rings is 1. The van der Waals surface area contributed by atoms with Gasteiger partial charge in [0.2, 0.25) is 5.91 Å². The van der Waals surface area contributed by atoms with Crippen LogP contribution in [-0.2, 0) is 4.79 Å². The van der Waals surface area contributed by atoms with Gasteiger partial charge in [-0.25, -0.2) is 0 Å². The molecule has 1 aromatic rings. The molecule has 1 atom stereocenters. The predicted octanol–water partition coefficient (Wildman–Crippen LogP) is 4.16. The summed E-state index contributed by atoms with van der Waals surface area (Å²) in [6, 6.07) is 10.7. The van der Waals surface area contributed by atoms with E-state index in [-0.39, 0.29) is 17.9 Å². The molecule has 26 heavy (non-hydrogen) atoms. The first-order valence-electron chi connectivity index (χ1n) is 10.3. The maximum atomic E-state index is 12.9. The number of hydrogen-bond donors (Lipinski definition) is 1. The monoisotopic (exact) mass is 352 g/mol. The number of nitrogens with zero attached hydrogens (tertiary/aromatic N) is 1. The molecule has 1 saturated carbocycles. The molecule has 1 N–H and O–H groups in total. The highest BCUT2D eigenvalue weighted by Gasteiger charge is 2.28. The first-order valence-corrected chi connectivity index (χ1v) is 10.3. The van der Waals surface area contributed by atoms with Gasteiger partial charge in [0.05, 0.1) is 12.6 Å². The molecule has 1 aromatic carbocycles. The second-order valence-electron chi connectivity index (χ2n) is 7.97. The zero-order chi connectivity index (χ0) is 18.2. The molecule has 0 bridgehead atoms. The van der Waals surface area contributed by atoms with E-state index in [2.05, 4.69) is 40.4 Å². The van der Waals surface area contributed by atoms with Crippen molar-refractivity contribution in [1.82, 2.24) is 10.2 Å². The molecule has 3 rings (SSSR count). The van der Waals surface area contributed by atoms with Crippen molar-refractivity contribution in [2.45, 2.75) is 57.4 Å². The molecular formula is C23H32N2O. The highest BCUT2D eigenvalue weighted by molar-refractivity contribution is 5.79. The summed E-state index contributed by atoms with van der Waals surface area (Å²) in [6.45, 7) is 2.56. The third kappa shape index (κ3) is 5.35. The van der Waals surface area contributed by atoms with Crippen LogP contribution in [0.2, 0.25) is 0 Å². The minimum Gasteiger partial charge on any atom is -0.349 e. The van der Waals surface area contributed by atoms with E-state index in [0.717, 1.165) is 38.3 Å². The van der Waals surface area contributed by atoms with Crippen LogP contribution in [0.1, 0.15) is 63.0 Å². The van der Waals surface area contributed by atoms with Crippen molar-refractivity contribution in [2.24, 2.45) is 11.8 Å². The Labute approximate surface area is 158 Å². The summed E-state index contributed by atoms with van der Waals surface area (Å²) in [7, 11) is 0. The minimum absolute atomic E-state index is 0.126. The maximum Gasteiger partial charge on any atom is 0.223 e. The van der Waals surface area contributed by atoms with Crippen molar-refractivity contribution >= 4 is 5.91 Å². The molecule has 140 valence electrons. The third-order valence-corrected chi connectivity index (χ3v) is 6.09. The van der Waals surface area contributed by atoms with Gasteiger partial charge in [0, 0.05) is 5.92 Å².